The summed E-state index contributed by atoms with van der Waals surface area (Å²) in [5.74, 6) is -0.739. The monoisotopic (exact) mass is 241 g/mol. The highest BCUT2D eigenvalue weighted by molar-refractivity contribution is 6.07. The Morgan fingerprint density at radius 3 is 2.67 bits per heavy atom. The van der Waals surface area contributed by atoms with Crippen LogP contribution in [0.2, 0.25) is 0 Å². The summed E-state index contributed by atoms with van der Waals surface area (Å²) in [7, 11) is 0. The highest BCUT2D eigenvalue weighted by Gasteiger charge is 2.29. The van der Waals surface area contributed by atoms with Gasteiger partial charge in [0.1, 0.15) is 11.7 Å². The highest BCUT2D eigenvalue weighted by Crippen LogP contribution is 2.09. The molecule has 1 aliphatic rings. The normalized spacial score (nSPS) is 21.1. The van der Waals surface area contributed by atoms with Gasteiger partial charge in [-0.3, -0.25) is 9.59 Å². The minimum atomic E-state index is -0.768. The van der Waals surface area contributed by atoms with Crippen LogP contribution in [0, 0.1) is 11.3 Å². The van der Waals surface area contributed by atoms with E-state index in [2.05, 4.69) is 10.6 Å². The van der Waals surface area contributed by atoms with Gasteiger partial charge in [-0.25, -0.2) is 0 Å². The Kier molecular flexibility index (Phi) is 3.39. The largest absolute Gasteiger partial charge is 0.338 e. The first-order chi connectivity index (χ1) is 8.70. The Labute approximate surface area is 104 Å². The van der Waals surface area contributed by atoms with Crippen molar-refractivity contribution in [2.75, 3.05) is 0 Å². The lowest BCUT2D eigenvalue weighted by Gasteiger charge is -2.23. The van der Waals surface area contributed by atoms with Crippen LogP contribution in [0.1, 0.15) is 12.0 Å². The Morgan fingerprint density at radius 2 is 2.00 bits per heavy atom. The van der Waals surface area contributed by atoms with Gasteiger partial charge in [0.2, 0.25) is 5.91 Å². The molecule has 1 aliphatic heterocycles. The van der Waals surface area contributed by atoms with Crippen molar-refractivity contribution in [2.24, 2.45) is 0 Å². The third-order valence-corrected chi connectivity index (χ3v) is 2.53. The minimum absolute atomic E-state index is 0.0316. The van der Waals surface area contributed by atoms with Crippen molar-refractivity contribution in [1.29, 1.82) is 5.26 Å². The van der Waals surface area contributed by atoms with Gasteiger partial charge < -0.3 is 10.6 Å². The van der Waals surface area contributed by atoms with Gasteiger partial charge in [-0.1, -0.05) is 30.3 Å². The van der Waals surface area contributed by atoms with E-state index in [9.17, 15) is 9.59 Å². The average molecular weight is 241 g/mol. The molecule has 5 nitrogen and oxygen atoms in total. The van der Waals surface area contributed by atoms with E-state index in [1.165, 1.54) is 0 Å². The number of hydrogen-bond donors (Lipinski definition) is 2. The number of nitrogens with zero attached hydrogens (tertiary/aromatic N) is 1. The molecule has 0 saturated carbocycles. The van der Waals surface area contributed by atoms with Gasteiger partial charge in [-0.15, -0.1) is 0 Å². The molecule has 0 aliphatic carbocycles. The zero-order chi connectivity index (χ0) is 13.0. The minimum Gasteiger partial charge on any atom is -0.338 e. The number of rotatable bonds is 2. The molecular formula is C13H11N3O2. The Bertz CT molecular complexity index is 543. The summed E-state index contributed by atoms with van der Waals surface area (Å²) >= 11 is 0. The fourth-order valence-electron chi connectivity index (χ4n) is 1.63. The zero-order valence-corrected chi connectivity index (χ0v) is 9.51. The molecule has 90 valence electrons. The lowest BCUT2D eigenvalue weighted by molar-refractivity contribution is -0.130. The molecule has 1 aromatic carbocycles. The number of benzene rings is 1. The molecule has 1 aromatic rings. The summed E-state index contributed by atoms with van der Waals surface area (Å²) in [6.07, 6.45) is 1.56. The molecule has 1 saturated heterocycles. The predicted molar refractivity (Wildman–Crippen MR) is 64.7 cm³/mol. The highest BCUT2D eigenvalue weighted by atomic mass is 16.2. The van der Waals surface area contributed by atoms with E-state index in [1.807, 2.05) is 36.4 Å². The van der Waals surface area contributed by atoms with Crippen LogP contribution < -0.4 is 10.6 Å². The number of piperazine rings is 1. The van der Waals surface area contributed by atoms with E-state index < -0.39 is 6.04 Å². The predicted octanol–water partition coefficient (Wildman–Crippen LogP) is 0.556. The third kappa shape index (κ3) is 2.55. The molecule has 2 amide bonds. The zero-order valence-electron chi connectivity index (χ0n) is 9.51. The van der Waals surface area contributed by atoms with E-state index in [0.29, 0.717) is 0 Å². The first-order valence-corrected chi connectivity index (χ1v) is 5.46. The molecule has 0 bridgehead atoms. The summed E-state index contributed by atoms with van der Waals surface area (Å²) in [5.41, 5.74) is 1.02. The van der Waals surface area contributed by atoms with E-state index >= 15 is 0 Å². The second-order valence-electron chi connectivity index (χ2n) is 3.85. The van der Waals surface area contributed by atoms with Gasteiger partial charge >= 0.3 is 0 Å². The van der Waals surface area contributed by atoms with Gasteiger partial charge in [0, 0.05) is 0 Å². The van der Waals surface area contributed by atoms with E-state index in [1.54, 1.807) is 6.08 Å². The SMILES string of the molecule is N#CCC1NC(=O)/C(=C\c2ccccc2)NC1=O. The van der Waals surface area contributed by atoms with Crippen molar-refractivity contribution in [2.45, 2.75) is 12.5 Å². The Morgan fingerprint density at radius 1 is 1.28 bits per heavy atom. The Balaban J connectivity index is 2.18. The standard InChI is InChI=1S/C13H11N3O2/c14-7-6-10-12(17)16-11(13(18)15-10)8-9-4-2-1-3-5-9/h1-5,8,10H,6H2,(H,15,18)(H,16,17)/b11-8+. The summed E-state index contributed by atoms with van der Waals surface area (Å²) in [4.78, 5) is 23.3. The molecule has 18 heavy (non-hydrogen) atoms. The number of amides is 2. The fourth-order valence-corrected chi connectivity index (χ4v) is 1.63. The molecule has 1 heterocycles. The molecule has 0 radical (unpaired) electrons. The first kappa shape index (κ1) is 11.9. The molecular weight excluding hydrogens is 230 g/mol. The second kappa shape index (κ2) is 5.15. The van der Waals surface area contributed by atoms with Crippen LogP contribution in [0.25, 0.3) is 6.08 Å². The van der Waals surface area contributed by atoms with E-state index in [4.69, 9.17) is 5.26 Å². The summed E-state index contributed by atoms with van der Waals surface area (Å²) in [5, 5.41) is 13.5. The molecule has 1 fully saturated rings. The topological polar surface area (TPSA) is 82.0 Å². The maximum absolute atomic E-state index is 11.7. The molecule has 2 N–H and O–H groups in total. The van der Waals surface area contributed by atoms with Crippen molar-refractivity contribution in [3.8, 4) is 6.07 Å². The van der Waals surface area contributed by atoms with Gasteiger partial charge in [0.25, 0.3) is 5.91 Å². The summed E-state index contributed by atoms with van der Waals surface area (Å²) < 4.78 is 0. The van der Waals surface area contributed by atoms with Crippen molar-refractivity contribution in [3.63, 3.8) is 0 Å². The van der Waals surface area contributed by atoms with Crippen LogP contribution >= 0.6 is 0 Å². The second-order valence-corrected chi connectivity index (χ2v) is 3.85. The van der Waals surface area contributed by atoms with Crippen molar-refractivity contribution < 1.29 is 9.59 Å². The van der Waals surface area contributed by atoms with Gasteiger partial charge in [0.05, 0.1) is 12.5 Å². The van der Waals surface area contributed by atoms with Crippen LogP contribution in [-0.2, 0) is 9.59 Å². The smallest absolute Gasteiger partial charge is 0.268 e. The lowest BCUT2D eigenvalue weighted by atomic mass is 10.1. The van der Waals surface area contributed by atoms with Crippen LogP contribution in [0.4, 0.5) is 0 Å². The molecule has 1 atom stereocenters. The first-order valence-electron chi connectivity index (χ1n) is 5.46. The molecule has 0 aromatic heterocycles. The number of carbonyl (C=O) groups is 2. The van der Waals surface area contributed by atoms with Crippen molar-refractivity contribution >= 4 is 17.9 Å². The van der Waals surface area contributed by atoms with Crippen LogP contribution in [-0.4, -0.2) is 17.9 Å². The van der Waals surface area contributed by atoms with Crippen molar-refractivity contribution in [1.82, 2.24) is 10.6 Å². The lowest BCUT2D eigenvalue weighted by Crippen LogP contribution is -2.54. The molecule has 0 spiro atoms. The quantitative estimate of drug-likeness (QED) is 0.742. The number of nitrogens with one attached hydrogen (secondary N) is 2. The number of hydrogen-bond acceptors (Lipinski definition) is 3. The van der Waals surface area contributed by atoms with Gasteiger partial charge in [0.15, 0.2) is 0 Å². The van der Waals surface area contributed by atoms with Crippen molar-refractivity contribution in [3.05, 3.63) is 41.6 Å². The molecule has 2 rings (SSSR count). The fraction of sp³-hybridized carbons (Fsp3) is 0.154. The van der Waals surface area contributed by atoms with Gasteiger partial charge in [-0.05, 0) is 11.6 Å². The van der Waals surface area contributed by atoms with Crippen LogP contribution in [0.15, 0.2) is 36.0 Å². The molecule has 5 heteroatoms. The number of nitriles is 1. The van der Waals surface area contributed by atoms with Crippen LogP contribution in [0.5, 0.6) is 0 Å². The summed E-state index contributed by atoms with van der Waals surface area (Å²) in [6.45, 7) is 0. The average Bonchev–Trinajstić information content (AvgIpc) is 2.37. The Hall–Kier alpha value is -2.61. The van der Waals surface area contributed by atoms with Crippen LogP contribution in [0.3, 0.4) is 0 Å². The number of carbonyl (C=O) groups excluding carboxylic acids is 2. The van der Waals surface area contributed by atoms with Gasteiger partial charge in [-0.2, -0.15) is 5.26 Å². The maximum atomic E-state index is 11.7. The molecule has 1 unspecified atom stereocenters. The summed E-state index contributed by atoms with van der Waals surface area (Å²) in [6, 6.07) is 10.3. The van der Waals surface area contributed by atoms with E-state index in [0.717, 1.165) is 5.56 Å². The maximum Gasteiger partial charge on any atom is 0.268 e. The van der Waals surface area contributed by atoms with E-state index in [-0.39, 0.29) is 23.9 Å². The third-order valence-electron chi connectivity index (χ3n) is 2.53.